The zero-order valence-electron chi connectivity index (χ0n) is 10.9. The number of carboxylic acids is 1. The van der Waals surface area contributed by atoms with Crippen molar-refractivity contribution < 1.29 is 29.0 Å². The van der Waals surface area contributed by atoms with Crippen LogP contribution in [0.1, 0.15) is 10.4 Å². The molecule has 1 aromatic carbocycles. The van der Waals surface area contributed by atoms with Gasteiger partial charge in [0.2, 0.25) is 0 Å². The molecule has 0 aromatic heterocycles. The Morgan fingerprint density at radius 3 is 2.15 bits per heavy atom. The number of anilines is 1. The highest BCUT2D eigenvalue weighted by atomic mass is 16.5. The van der Waals surface area contributed by atoms with Crippen LogP contribution < -0.4 is 5.32 Å². The summed E-state index contributed by atoms with van der Waals surface area (Å²) in [7, 11) is 2.35. The molecular formula is C13H13NO6. The number of benzene rings is 1. The molecule has 0 aliphatic carbocycles. The Labute approximate surface area is 114 Å². The molecule has 0 atom stereocenters. The average Bonchev–Trinajstić information content (AvgIpc) is 2.46. The molecule has 0 saturated carbocycles. The Morgan fingerprint density at radius 1 is 1.10 bits per heavy atom. The fraction of sp³-hybridized carbons (Fsp3) is 0.154. The van der Waals surface area contributed by atoms with E-state index in [-0.39, 0.29) is 11.3 Å². The van der Waals surface area contributed by atoms with Gasteiger partial charge in [0, 0.05) is 5.69 Å². The topological polar surface area (TPSA) is 102 Å². The van der Waals surface area contributed by atoms with Crippen molar-refractivity contribution in [3.8, 4) is 0 Å². The molecule has 20 heavy (non-hydrogen) atoms. The monoisotopic (exact) mass is 279 g/mol. The molecule has 7 nitrogen and oxygen atoms in total. The van der Waals surface area contributed by atoms with Gasteiger partial charge in [0.1, 0.15) is 5.70 Å². The van der Waals surface area contributed by atoms with Crippen LogP contribution in [0.5, 0.6) is 0 Å². The van der Waals surface area contributed by atoms with E-state index in [4.69, 9.17) is 5.11 Å². The van der Waals surface area contributed by atoms with E-state index >= 15 is 0 Å². The lowest BCUT2D eigenvalue weighted by Crippen LogP contribution is -2.15. The maximum atomic E-state index is 11.5. The van der Waals surface area contributed by atoms with E-state index in [1.165, 1.54) is 38.5 Å². The van der Waals surface area contributed by atoms with Gasteiger partial charge in [0.15, 0.2) is 0 Å². The molecule has 1 aromatic rings. The largest absolute Gasteiger partial charge is 0.478 e. The van der Waals surface area contributed by atoms with Crippen molar-refractivity contribution in [2.75, 3.05) is 19.5 Å². The number of aromatic carboxylic acids is 1. The minimum Gasteiger partial charge on any atom is -0.478 e. The fourth-order valence-electron chi connectivity index (χ4n) is 1.28. The molecule has 0 spiro atoms. The van der Waals surface area contributed by atoms with Gasteiger partial charge in [-0.05, 0) is 24.3 Å². The predicted octanol–water partition coefficient (Wildman–Crippen LogP) is 1.03. The van der Waals surface area contributed by atoms with E-state index in [9.17, 15) is 14.4 Å². The molecular weight excluding hydrogens is 266 g/mol. The Bertz CT molecular complexity index is 546. The van der Waals surface area contributed by atoms with Crippen LogP contribution in [-0.2, 0) is 19.1 Å². The number of carboxylic acid groups (broad SMARTS) is 1. The van der Waals surface area contributed by atoms with Gasteiger partial charge in [0.05, 0.1) is 25.9 Å². The van der Waals surface area contributed by atoms with Crippen molar-refractivity contribution in [2.45, 2.75) is 0 Å². The molecule has 0 aliphatic heterocycles. The fourth-order valence-corrected chi connectivity index (χ4v) is 1.28. The first-order valence-corrected chi connectivity index (χ1v) is 5.46. The molecule has 0 bridgehead atoms. The van der Waals surface area contributed by atoms with Crippen molar-refractivity contribution in [3.05, 3.63) is 41.6 Å². The highest BCUT2D eigenvalue weighted by molar-refractivity contribution is 5.98. The Morgan fingerprint density at radius 2 is 1.70 bits per heavy atom. The van der Waals surface area contributed by atoms with Crippen LogP contribution in [0.3, 0.4) is 0 Å². The quantitative estimate of drug-likeness (QED) is 0.613. The van der Waals surface area contributed by atoms with Crippen LogP contribution >= 0.6 is 0 Å². The standard InChI is InChI=1S/C13H13NO6/c1-19-11(15)7-10(13(18)20-2)14-9-5-3-8(4-6-9)12(16)17/h3-7,14H,1-2H3,(H,16,17)/b10-7+. The molecule has 0 heterocycles. The van der Waals surface area contributed by atoms with Crippen LogP contribution in [0.15, 0.2) is 36.0 Å². The highest BCUT2D eigenvalue weighted by Gasteiger charge is 2.13. The van der Waals surface area contributed by atoms with E-state index in [0.717, 1.165) is 6.08 Å². The maximum Gasteiger partial charge on any atom is 0.354 e. The summed E-state index contributed by atoms with van der Waals surface area (Å²) in [5.74, 6) is -2.53. The van der Waals surface area contributed by atoms with E-state index < -0.39 is 17.9 Å². The average molecular weight is 279 g/mol. The van der Waals surface area contributed by atoms with Gasteiger partial charge in [-0.25, -0.2) is 14.4 Å². The van der Waals surface area contributed by atoms with Crippen LogP contribution in [0.4, 0.5) is 5.69 Å². The second kappa shape index (κ2) is 6.93. The summed E-state index contributed by atoms with van der Waals surface area (Å²) in [5, 5.41) is 11.4. The number of esters is 2. The van der Waals surface area contributed by atoms with Gasteiger partial charge in [-0.1, -0.05) is 0 Å². The zero-order valence-corrected chi connectivity index (χ0v) is 10.9. The van der Waals surface area contributed by atoms with Gasteiger partial charge in [-0.3, -0.25) is 0 Å². The second-order valence-corrected chi connectivity index (χ2v) is 3.58. The number of hydrogen-bond acceptors (Lipinski definition) is 6. The van der Waals surface area contributed by atoms with Gasteiger partial charge in [0.25, 0.3) is 0 Å². The number of hydrogen-bond donors (Lipinski definition) is 2. The van der Waals surface area contributed by atoms with Crippen molar-refractivity contribution in [3.63, 3.8) is 0 Å². The minimum atomic E-state index is -1.06. The predicted molar refractivity (Wildman–Crippen MR) is 69.1 cm³/mol. The lowest BCUT2D eigenvalue weighted by molar-refractivity contribution is -0.138. The second-order valence-electron chi connectivity index (χ2n) is 3.58. The van der Waals surface area contributed by atoms with E-state index in [2.05, 4.69) is 14.8 Å². The van der Waals surface area contributed by atoms with Gasteiger partial charge in [-0.15, -0.1) is 0 Å². The molecule has 0 radical (unpaired) electrons. The molecule has 7 heteroatoms. The van der Waals surface area contributed by atoms with E-state index in [1.807, 2.05) is 0 Å². The Hall–Kier alpha value is -2.83. The molecule has 0 saturated heterocycles. The molecule has 2 N–H and O–H groups in total. The number of nitrogens with one attached hydrogen (secondary N) is 1. The minimum absolute atomic E-state index is 0.104. The summed E-state index contributed by atoms with van der Waals surface area (Å²) in [5.41, 5.74) is 0.407. The van der Waals surface area contributed by atoms with Crippen LogP contribution in [-0.4, -0.2) is 37.2 Å². The van der Waals surface area contributed by atoms with Crippen molar-refractivity contribution in [1.29, 1.82) is 0 Å². The van der Waals surface area contributed by atoms with Crippen LogP contribution in [0.2, 0.25) is 0 Å². The summed E-state index contributed by atoms with van der Waals surface area (Å²) in [6.45, 7) is 0. The van der Waals surface area contributed by atoms with Gasteiger partial charge >= 0.3 is 17.9 Å². The molecule has 0 aliphatic rings. The summed E-state index contributed by atoms with van der Waals surface area (Å²) in [4.78, 5) is 33.3. The Kier molecular flexibility index (Phi) is 5.28. The third-order valence-electron chi connectivity index (χ3n) is 2.28. The molecule has 0 amide bonds. The van der Waals surface area contributed by atoms with Gasteiger partial charge < -0.3 is 19.9 Å². The molecule has 1 rings (SSSR count). The van der Waals surface area contributed by atoms with Crippen molar-refractivity contribution in [1.82, 2.24) is 0 Å². The molecule has 0 fully saturated rings. The summed E-state index contributed by atoms with van der Waals surface area (Å²) in [6.07, 6.45) is 0.941. The third-order valence-corrected chi connectivity index (χ3v) is 2.28. The zero-order chi connectivity index (χ0) is 15.1. The van der Waals surface area contributed by atoms with Gasteiger partial charge in [-0.2, -0.15) is 0 Å². The van der Waals surface area contributed by atoms with E-state index in [1.54, 1.807) is 0 Å². The first kappa shape index (κ1) is 15.2. The summed E-state index contributed by atoms with van der Waals surface area (Å²) in [6, 6.07) is 5.63. The first-order chi connectivity index (χ1) is 9.47. The number of carbonyl (C=O) groups is 3. The third kappa shape index (κ3) is 4.13. The molecule has 0 unspecified atom stereocenters. The molecule has 106 valence electrons. The number of rotatable bonds is 5. The number of methoxy groups -OCH3 is 2. The Balaban J connectivity index is 2.95. The highest BCUT2D eigenvalue weighted by Crippen LogP contribution is 2.13. The lowest BCUT2D eigenvalue weighted by Gasteiger charge is -2.09. The van der Waals surface area contributed by atoms with Crippen molar-refractivity contribution in [2.24, 2.45) is 0 Å². The normalized spacial score (nSPS) is 10.6. The summed E-state index contributed by atoms with van der Waals surface area (Å²) >= 11 is 0. The number of carbonyl (C=O) groups excluding carboxylic acids is 2. The van der Waals surface area contributed by atoms with E-state index in [0.29, 0.717) is 5.69 Å². The van der Waals surface area contributed by atoms with Crippen LogP contribution in [0, 0.1) is 0 Å². The summed E-state index contributed by atoms with van der Waals surface area (Å²) < 4.78 is 8.94. The van der Waals surface area contributed by atoms with Crippen molar-refractivity contribution >= 4 is 23.6 Å². The smallest absolute Gasteiger partial charge is 0.354 e. The maximum absolute atomic E-state index is 11.5. The van der Waals surface area contributed by atoms with Crippen LogP contribution in [0.25, 0.3) is 0 Å². The number of ether oxygens (including phenoxy) is 2. The lowest BCUT2D eigenvalue weighted by atomic mass is 10.2. The SMILES string of the molecule is COC(=O)/C=C(/Nc1ccc(C(=O)O)cc1)C(=O)OC. The first-order valence-electron chi connectivity index (χ1n) is 5.46.